The second-order valence-electron chi connectivity index (χ2n) is 5.94. The normalized spacial score (nSPS) is 20.7. The Morgan fingerprint density at radius 3 is 2.68 bits per heavy atom. The van der Waals surface area contributed by atoms with E-state index in [9.17, 15) is 9.90 Å². The number of phenols is 1. The highest BCUT2D eigenvalue weighted by molar-refractivity contribution is 5.80. The zero-order chi connectivity index (χ0) is 15.4. The lowest BCUT2D eigenvalue weighted by Crippen LogP contribution is -2.31. The van der Waals surface area contributed by atoms with Crippen LogP contribution in [0.25, 0.3) is 0 Å². The van der Waals surface area contributed by atoms with Crippen molar-refractivity contribution in [1.29, 1.82) is 0 Å². The van der Waals surface area contributed by atoms with E-state index in [-0.39, 0.29) is 17.6 Å². The average molecular weight is 295 g/mol. The predicted molar refractivity (Wildman–Crippen MR) is 86.5 cm³/mol. The highest BCUT2D eigenvalue weighted by Crippen LogP contribution is 2.39. The first-order valence-corrected chi connectivity index (χ1v) is 7.84. The summed E-state index contributed by atoms with van der Waals surface area (Å²) in [5.41, 5.74) is 2.18. The average Bonchev–Trinajstić information content (AvgIpc) is 3.03. The summed E-state index contributed by atoms with van der Waals surface area (Å²) < 4.78 is 0. The lowest BCUT2D eigenvalue weighted by atomic mass is 9.88. The van der Waals surface area contributed by atoms with Crippen LogP contribution in [0.4, 0.5) is 0 Å². The Morgan fingerprint density at radius 1 is 1.09 bits per heavy atom. The van der Waals surface area contributed by atoms with E-state index in [4.69, 9.17) is 0 Å². The molecule has 3 nitrogen and oxygen atoms in total. The van der Waals surface area contributed by atoms with Crippen LogP contribution in [0.3, 0.4) is 0 Å². The summed E-state index contributed by atoms with van der Waals surface area (Å²) in [6.45, 7) is 0.464. The van der Waals surface area contributed by atoms with Gasteiger partial charge < -0.3 is 10.4 Å². The van der Waals surface area contributed by atoms with Gasteiger partial charge in [-0.15, -0.1) is 0 Å². The van der Waals surface area contributed by atoms with Crippen LogP contribution >= 0.6 is 0 Å². The fourth-order valence-corrected chi connectivity index (χ4v) is 3.36. The van der Waals surface area contributed by atoms with Crippen LogP contribution in [-0.4, -0.2) is 11.0 Å². The monoisotopic (exact) mass is 295 g/mol. The molecular formula is C19H21NO2. The van der Waals surface area contributed by atoms with Gasteiger partial charge in [0.05, 0.1) is 0 Å². The van der Waals surface area contributed by atoms with E-state index < -0.39 is 0 Å². The number of carbonyl (C=O) groups excluding carboxylic acids is 1. The van der Waals surface area contributed by atoms with Crippen molar-refractivity contribution in [3.05, 3.63) is 65.7 Å². The Hall–Kier alpha value is -2.29. The SMILES string of the molecule is O=C(NCc1cccc(O)c1)C1CCCC1c1ccccc1. The molecule has 2 N–H and O–H groups in total. The van der Waals surface area contributed by atoms with Gasteiger partial charge in [0, 0.05) is 12.5 Å². The fraction of sp³-hybridized carbons (Fsp3) is 0.316. The standard InChI is InChI=1S/C19H21NO2/c21-16-9-4-6-14(12-16)13-20-19(22)18-11-5-10-17(18)15-7-2-1-3-8-15/h1-4,6-9,12,17-18,21H,5,10-11,13H2,(H,20,22). The van der Waals surface area contributed by atoms with E-state index in [2.05, 4.69) is 17.4 Å². The van der Waals surface area contributed by atoms with E-state index in [1.54, 1.807) is 18.2 Å². The molecule has 0 radical (unpaired) electrons. The Morgan fingerprint density at radius 2 is 1.91 bits per heavy atom. The third kappa shape index (κ3) is 3.30. The maximum atomic E-state index is 12.5. The van der Waals surface area contributed by atoms with Crippen molar-refractivity contribution in [2.75, 3.05) is 0 Å². The fourth-order valence-electron chi connectivity index (χ4n) is 3.36. The minimum atomic E-state index is 0.0553. The molecule has 2 aromatic carbocycles. The lowest BCUT2D eigenvalue weighted by molar-refractivity contribution is -0.125. The van der Waals surface area contributed by atoms with Gasteiger partial charge in [0.25, 0.3) is 0 Å². The van der Waals surface area contributed by atoms with Crippen LogP contribution in [0.2, 0.25) is 0 Å². The summed E-state index contributed by atoms with van der Waals surface area (Å²) in [4.78, 5) is 12.5. The van der Waals surface area contributed by atoms with Crippen LogP contribution in [-0.2, 0) is 11.3 Å². The van der Waals surface area contributed by atoms with Gasteiger partial charge in [-0.05, 0) is 42.0 Å². The van der Waals surface area contributed by atoms with Gasteiger partial charge in [-0.1, -0.05) is 48.9 Å². The molecule has 1 amide bonds. The van der Waals surface area contributed by atoms with Gasteiger partial charge in [-0.25, -0.2) is 0 Å². The second kappa shape index (κ2) is 6.65. The van der Waals surface area contributed by atoms with Gasteiger partial charge >= 0.3 is 0 Å². The molecule has 22 heavy (non-hydrogen) atoms. The summed E-state index contributed by atoms with van der Waals surface area (Å²) in [7, 11) is 0. The van der Waals surface area contributed by atoms with E-state index in [1.807, 2.05) is 24.3 Å². The van der Waals surface area contributed by atoms with Gasteiger partial charge in [-0.3, -0.25) is 4.79 Å². The maximum Gasteiger partial charge on any atom is 0.223 e. The second-order valence-corrected chi connectivity index (χ2v) is 5.94. The molecule has 0 heterocycles. The zero-order valence-corrected chi connectivity index (χ0v) is 12.5. The van der Waals surface area contributed by atoms with Crippen LogP contribution in [0.15, 0.2) is 54.6 Å². The molecular weight excluding hydrogens is 274 g/mol. The number of phenolic OH excluding ortho intramolecular Hbond substituents is 1. The molecule has 114 valence electrons. The number of hydrogen-bond donors (Lipinski definition) is 2. The maximum absolute atomic E-state index is 12.5. The van der Waals surface area contributed by atoms with Crippen molar-refractivity contribution in [3.8, 4) is 5.75 Å². The molecule has 2 unspecified atom stereocenters. The van der Waals surface area contributed by atoms with Crippen LogP contribution in [0.5, 0.6) is 5.75 Å². The molecule has 2 aromatic rings. The van der Waals surface area contributed by atoms with Crippen molar-refractivity contribution < 1.29 is 9.90 Å². The molecule has 0 aromatic heterocycles. The molecule has 1 aliphatic carbocycles. The Bertz CT molecular complexity index is 639. The summed E-state index contributed by atoms with van der Waals surface area (Å²) in [6.07, 6.45) is 3.13. The first kappa shape index (κ1) is 14.6. The molecule has 1 saturated carbocycles. The number of nitrogens with one attached hydrogen (secondary N) is 1. The summed E-state index contributed by atoms with van der Waals surface area (Å²) in [6, 6.07) is 17.3. The van der Waals surface area contributed by atoms with E-state index in [1.165, 1.54) is 5.56 Å². The Balaban J connectivity index is 1.64. The van der Waals surface area contributed by atoms with Gasteiger partial charge in [0.1, 0.15) is 5.75 Å². The highest BCUT2D eigenvalue weighted by atomic mass is 16.3. The van der Waals surface area contributed by atoms with E-state index >= 15 is 0 Å². The molecule has 3 heteroatoms. The predicted octanol–water partition coefficient (Wildman–Crippen LogP) is 3.59. The molecule has 2 atom stereocenters. The first-order valence-electron chi connectivity index (χ1n) is 7.84. The number of aromatic hydroxyl groups is 1. The molecule has 3 rings (SSSR count). The number of carbonyl (C=O) groups is 1. The Kier molecular flexibility index (Phi) is 4.42. The quantitative estimate of drug-likeness (QED) is 0.905. The highest BCUT2D eigenvalue weighted by Gasteiger charge is 2.33. The first-order chi connectivity index (χ1) is 10.7. The third-order valence-electron chi connectivity index (χ3n) is 4.46. The van der Waals surface area contributed by atoms with Crippen molar-refractivity contribution in [2.45, 2.75) is 31.7 Å². The Labute approximate surface area is 131 Å². The summed E-state index contributed by atoms with van der Waals surface area (Å²) in [5.74, 6) is 0.731. The van der Waals surface area contributed by atoms with Crippen LogP contribution in [0, 0.1) is 5.92 Å². The van der Waals surface area contributed by atoms with Crippen LogP contribution < -0.4 is 5.32 Å². The molecule has 0 saturated heterocycles. The van der Waals surface area contributed by atoms with Gasteiger partial charge in [0.15, 0.2) is 0 Å². The smallest absolute Gasteiger partial charge is 0.223 e. The molecule has 1 fully saturated rings. The van der Waals surface area contributed by atoms with Gasteiger partial charge in [-0.2, -0.15) is 0 Å². The summed E-state index contributed by atoms with van der Waals surface area (Å²) >= 11 is 0. The molecule has 0 spiro atoms. The minimum absolute atomic E-state index is 0.0553. The van der Waals surface area contributed by atoms with Crippen molar-refractivity contribution >= 4 is 5.91 Å². The van der Waals surface area contributed by atoms with E-state index in [0.717, 1.165) is 24.8 Å². The minimum Gasteiger partial charge on any atom is -0.508 e. The lowest BCUT2D eigenvalue weighted by Gasteiger charge is -2.19. The molecule has 1 aliphatic rings. The summed E-state index contributed by atoms with van der Waals surface area (Å²) in [5, 5.41) is 12.5. The zero-order valence-electron chi connectivity index (χ0n) is 12.5. The van der Waals surface area contributed by atoms with Crippen molar-refractivity contribution in [3.63, 3.8) is 0 Å². The third-order valence-corrected chi connectivity index (χ3v) is 4.46. The van der Waals surface area contributed by atoms with Crippen molar-refractivity contribution in [2.24, 2.45) is 5.92 Å². The van der Waals surface area contributed by atoms with Crippen molar-refractivity contribution in [1.82, 2.24) is 5.32 Å². The number of amides is 1. The molecule has 0 aliphatic heterocycles. The molecule has 0 bridgehead atoms. The van der Waals surface area contributed by atoms with Crippen LogP contribution in [0.1, 0.15) is 36.3 Å². The largest absolute Gasteiger partial charge is 0.508 e. The number of hydrogen-bond acceptors (Lipinski definition) is 2. The van der Waals surface area contributed by atoms with Gasteiger partial charge in [0.2, 0.25) is 5.91 Å². The topological polar surface area (TPSA) is 49.3 Å². The number of rotatable bonds is 4. The number of benzene rings is 2. The van der Waals surface area contributed by atoms with E-state index in [0.29, 0.717) is 12.5 Å².